The van der Waals surface area contributed by atoms with Gasteiger partial charge in [-0.1, -0.05) is 23.2 Å². The average molecular weight is 347 g/mol. The molecule has 1 aromatic rings. The average Bonchev–Trinajstić information content (AvgIpc) is 2.45. The third-order valence-electron chi connectivity index (χ3n) is 1.12. The molecule has 12 heteroatoms. The summed E-state index contributed by atoms with van der Waals surface area (Å²) in [7, 11) is -4.15. The Morgan fingerprint density at radius 2 is 1.72 bits per heavy atom. The van der Waals surface area contributed by atoms with Crippen LogP contribution in [-0.2, 0) is 14.9 Å². The number of hydrogen-bond donors (Lipinski definition) is 2. The van der Waals surface area contributed by atoms with Crippen LogP contribution in [0.25, 0.3) is 0 Å². The monoisotopic (exact) mass is 346 g/mol. The van der Waals surface area contributed by atoms with Crippen molar-refractivity contribution in [1.29, 1.82) is 0 Å². The van der Waals surface area contributed by atoms with Crippen LogP contribution in [0.15, 0.2) is 10.3 Å². The van der Waals surface area contributed by atoms with Crippen LogP contribution in [0.3, 0.4) is 0 Å². The van der Waals surface area contributed by atoms with E-state index in [1.807, 2.05) is 0 Å². The minimum absolute atomic E-state index is 0.129. The van der Waals surface area contributed by atoms with Gasteiger partial charge in [0.1, 0.15) is 8.55 Å². The fraction of sp³-hybridized carbons (Fsp3) is 0.167. The van der Waals surface area contributed by atoms with Gasteiger partial charge in [0.15, 0.2) is 0 Å². The number of aliphatic carboxylic acids is 1. The molecule has 0 unspecified atom stereocenters. The largest absolute Gasteiger partial charge is 0.490 e. The first kappa shape index (κ1) is 17.4. The highest BCUT2D eigenvalue weighted by molar-refractivity contribution is 7.88. The number of carbonyl (C=O) groups is 1. The molecule has 0 radical (unpaired) electrons. The van der Waals surface area contributed by atoms with E-state index in [0.29, 0.717) is 11.3 Å². The molecule has 1 rings (SSSR count). The van der Waals surface area contributed by atoms with Gasteiger partial charge in [0.05, 0.1) is 5.02 Å². The van der Waals surface area contributed by atoms with E-state index in [4.69, 9.17) is 37.7 Å². The smallest absolute Gasteiger partial charge is 0.475 e. The molecule has 18 heavy (non-hydrogen) atoms. The van der Waals surface area contributed by atoms with Crippen LogP contribution in [0.4, 0.5) is 13.2 Å². The predicted octanol–water partition coefficient (Wildman–Crippen LogP) is 2.93. The minimum Gasteiger partial charge on any atom is -0.475 e. The maximum atomic E-state index is 10.6. The maximum absolute atomic E-state index is 10.6. The van der Waals surface area contributed by atoms with Crippen LogP contribution in [0.5, 0.6) is 0 Å². The van der Waals surface area contributed by atoms with Crippen molar-refractivity contribution in [2.45, 2.75) is 10.4 Å². The molecule has 0 aromatic carbocycles. The van der Waals surface area contributed by atoms with Gasteiger partial charge in [-0.15, -0.1) is 11.3 Å². The second-order valence-electron chi connectivity index (χ2n) is 2.47. The van der Waals surface area contributed by atoms with Crippen molar-refractivity contribution in [2.75, 3.05) is 0 Å². The second kappa shape index (κ2) is 6.06. The van der Waals surface area contributed by atoms with E-state index in [2.05, 4.69) is 0 Å². The zero-order valence-electron chi connectivity index (χ0n) is 7.90. The number of hydrogen-bond acceptors (Lipinski definition) is 4. The molecule has 1 aromatic heterocycles. The summed E-state index contributed by atoms with van der Waals surface area (Å²) < 4.78 is 61.0. The lowest BCUT2D eigenvalue weighted by Crippen LogP contribution is -2.21. The standard InChI is InChI=1S/C4H2Cl2O3S2.C2HF3O2/c5-2-1-3(10-4(2)6)11(7,8)9;3-2(4,5)1(6)7/h1H,(H,7,8,9);(H,6,7). The molecule has 0 bridgehead atoms. The van der Waals surface area contributed by atoms with E-state index in [0.717, 1.165) is 6.07 Å². The summed E-state index contributed by atoms with van der Waals surface area (Å²) in [5.74, 6) is -2.76. The van der Waals surface area contributed by atoms with Crippen molar-refractivity contribution in [3.8, 4) is 0 Å². The molecule has 2 N–H and O–H groups in total. The first-order valence-electron chi connectivity index (χ1n) is 3.58. The second-order valence-corrected chi connectivity index (χ2v) is 6.17. The first-order chi connectivity index (χ1) is 7.85. The fourth-order valence-electron chi connectivity index (χ4n) is 0.454. The number of carboxylic acid groups (broad SMARTS) is 1. The van der Waals surface area contributed by atoms with Gasteiger partial charge in [-0.2, -0.15) is 21.6 Å². The molecule has 0 saturated heterocycles. The van der Waals surface area contributed by atoms with Gasteiger partial charge in [0.2, 0.25) is 0 Å². The van der Waals surface area contributed by atoms with E-state index < -0.39 is 22.3 Å². The van der Waals surface area contributed by atoms with Crippen molar-refractivity contribution < 1.29 is 36.0 Å². The lowest BCUT2D eigenvalue weighted by atomic mass is 10.7. The molecule has 0 fully saturated rings. The Kier molecular flexibility index (Phi) is 5.88. The highest BCUT2D eigenvalue weighted by atomic mass is 35.5. The molecule has 0 aliphatic carbocycles. The van der Waals surface area contributed by atoms with Gasteiger partial charge in [-0.3, -0.25) is 4.55 Å². The van der Waals surface area contributed by atoms with Crippen LogP contribution in [0, 0.1) is 0 Å². The van der Waals surface area contributed by atoms with Crippen molar-refractivity contribution in [1.82, 2.24) is 0 Å². The molecule has 0 saturated carbocycles. The molecule has 104 valence electrons. The summed E-state index contributed by atoms with van der Waals surface area (Å²) in [6.45, 7) is 0. The third kappa shape index (κ3) is 5.87. The number of thiophene rings is 1. The van der Waals surface area contributed by atoms with Gasteiger partial charge in [0.25, 0.3) is 0 Å². The van der Waals surface area contributed by atoms with Crippen LogP contribution in [0.1, 0.15) is 0 Å². The Balaban J connectivity index is 0.000000360. The van der Waals surface area contributed by atoms with E-state index in [-0.39, 0.29) is 13.6 Å². The van der Waals surface area contributed by atoms with Crippen molar-refractivity contribution in [3.05, 3.63) is 15.4 Å². The van der Waals surface area contributed by atoms with Crippen molar-refractivity contribution in [3.63, 3.8) is 0 Å². The highest BCUT2D eigenvalue weighted by Crippen LogP contribution is 2.33. The number of alkyl halides is 3. The molecule has 0 aliphatic rings. The number of carboxylic acids is 1. The zero-order chi connectivity index (χ0) is 14.7. The fourth-order valence-corrected chi connectivity index (χ4v) is 2.70. The first-order valence-corrected chi connectivity index (χ1v) is 6.59. The predicted molar refractivity (Wildman–Crippen MR) is 57.8 cm³/mol. The molecule has 0 atom stereocenters. The van der Waals surface area contributed by atoms with Crippen LogP contribution in [0.2, 0.25) is 9.36 Å². The lowest BCUT2D eigenvalue weighted by molar-refractivity contribution is -0.192. The summed E-state index contributed by atoms with van der Waals surface area (Å²) >= 11 is 11.6. The summed E-state index contributed by atoms with van der Waals surface area (Å²) in [4.78, 5) is 8.90. The van der Waals surface area contributed by atoms with E-state index in [1.165, 1.54) is 0 Å². The van der Waals surface area contributed by atoms with Gasteiger partial charge in [-0.25, -0.2) is 4.79 Å². The number of halogens is 5. The Morgan fingerprint density at radius 3 is 1.83 bits per heavy atom. The molecule has 0 aliphatic heterocycles. The normalized spacial score (nSPS) is 11.7. The van der Waals surface area contributed by atoms with Gasteiger partial charge >= 0.3 is 22.3 Å². The Bertz CT molecular complexity index is 516. The van der Waals surface area contributed by atoms with Gasteiger partial charge < -0.3 is 5.11 Å². The Labute approximate surface area is 112 Å². The molecular formula is C6H3Cl2F3O5S2. The highest BCUT2D eigenvalue weighted by Gasteiger charge is 2.38. The summed E-state index contributed by atoms with van der Waals surface area (Å²) in [5.41, 5.74) is 0. The topological polar surface area (TPSA) is 91.7 Å². The van der Waals surface area contributed by atoms with Crippen molar-refractivity contribution >= 4 is 50.6 Å². The minimum atomic E-state index is -5.08. The van der Waals surface area contributed by atoms with E-state index in [1.54, 1.807) is 0 Å². The van der Waals surface area contributed by atoms with Gasteiger partial charge in [0, 0.05) is 0 Å². The summed E-state index contributed by atoms with van der Waals surface area (Å²) in [6, 6.07) is 1.10. The Hall–Kier alpha value is -0.550. The summed E-state index contributed by atoms with van der Waals surface area (Å²) in [6.07, 6.45) is -5.08. The molecular weight excluding hydrogens is 344 g/mol. The van der Waals surface area contributed by atoms with Crippen LogP contribution >= 0.6 is 34.5 Å². The Morgan fingerprint density at radius 1 is 1.33 bits per heavy atom. The SMILES string of the molecule is O=C(O)C(F)(F)F.O=S(=O)(O)c1cc(Cl)c(Cl)s1. The lowest BCUT2D eigenvalue weighted by Gasteiger charge is -1.93. The molecule has 0 amide bonds. The van der Waals surface area contributed by atoms with Gasteiger partial charge in [-0.05, 0) is 6.07 Å². The third-order valence-corrected chi connectivity index (χ3v) is 4.29. The quantitative estimate of drug-likeness (QED) is 0.762. The van der Waals surface area contributed by atoms with Crippen LogP contribution in [-0.4, -0.2) is 30.2 Å². The molecule has 1 heterocycles. The number of rotatable bonds is 1. The molecule has 0 spiro atoms. The summed E-state index contributed by atoms with van der Waals surface area (Å²) in [5, 5.41) is 7.25. The molecule has 5 nitrogen and oxygen atoms in total. The maximum Gasteiger partial charge on any atom is 0.490 e. The van der Waals surface area contributed by atoms with Crippen molar-refractivity contribution in [2.24, 2.45) is 0 Å². The van der Waals surface area contributed by atoms with E-state index >= 15 is 0 Å². The van der Waals surface area contributed by atoms with Crippen LogP contribution < -0.4 is 0 Å². The van der Waals surface area contributed by atoms with E-state index in [9.17, 15) is 21.6 Å². The zero-order valence-corrected chi connectivity index (χ0v) is 11.0.